The number of imidazole rings is 2. The molecule has 4 unspecified atom stereocenters. The van der Waals surface area contributed by atoms with E-state index in [1.807, 2.05) is 45.9 Å². The van der Waals surface area contributed by atoms with Gasteiger partial charge in [0, 0.05) is 24.2 Å². The third kappa shape index (κ3) is 7.93. The van der Waals surface area contributed by atoms with E-state index in [9.17, 15) is 24.0 Å². The van der Waals surface area contributed by atoms with Crippen LogP contribution >= 0.6 is 0 Å². The minimum atomic E-state index is -0.742. The summed E-state index contributed by atoms with van der Waals surface area (Å²) in [5.74, 6) is 1.03. The maximum atomic E-state index is 13.6. The zero-order valence-electron chi connectivity index (χ0n) is 33.4. The van der Waals surface area contributed by atoms with Crippen molar-refractivity contribution in [2.24, 2.45) is 11.8 Å². The molecule has 3 aliphatic heterocycles. The third-order valence-corrected chi connectivity index (χ3v) is 11.0. The number of nitrogens with zero attached hydrogens (tertiary/aromatic N) is 4. The molecule has 5 heterocycles. The van der Waals surface area contributed by atoms with E-state index in [2.05, 4.69) is 35.9 Å². The van der Waals surface area contributed by atoms with Crippen molar-refractivity contribution in [1.82, 2.24) is 40.4 Å². The Kier molecular flexibility index (Phi) is 11.4. The van der Waals surface area contributed by atoms with Gasteiger partial charge in [0.15, 0.2) is 5.75 Å². The molecule has 0 saturated carbocycles. The second-order valence-electron chi connectivity index (χ2n) is 15.4. The fourth-order valence-corrected chi connectivity index (χ4v) is 7.85. The number of rotatable bonds is 10. The number of aromatic amines is 2. The first-order chi connectivity index (χ1) is 27.9. The van der Waals surface area contributed by atoms with Gasteiger partial charge in [-0.15, -0.1) is 0 Å². The Morgan fingerprint density at radius 2 is 1.24 bits per heavy atom. The van der Waals surface area contributed by atoms with Crippen LogP contribution in [0.3, 0.4) is 0 Å². The number of benzene rings is 2. The average Bonchev–Trinajstić information content (AvgIpc) is 4.05. The van der Waals surface area contributed by atoms with Gasteiger partial charge >= 0.3 is 12.2 Å². The van der Waals surface area contributed by atoms with Crippen LogP contribution in [0, 0.1) is 11.8 Å². The van der Waals surface area contributed by atoms with Gasteiger partial charge in [0.1, 0.15) is 29.5 Å². The van der Waals surface area contributed by atoms with Crippen LogP contribution in [-0.2, 0) is 19.1 Å². The van der Waals surface area contributed by atoms with Crippen molar-refractivity contribution >= 4 is 35.6 Å². The highest BCUT2D eigenvalue weighted by Gasteiger charge is 2.39. The van der Waals surface area contributed by atoms with Crippen molar-refractivity contribution < 1.29 is 38.2 Å². The number of H-pyrrole nitrogens is 2. The molecule has 0 spiro atoms. The van der Waals surface area contributed by atoms with Gasteiger partial charge in [-0.3, -0.25) is 14.4 Å². The summed E-state index contributed by atoms with van der Waals surface area (Å²) in [6.45, 7) is 8.56. The zero-order valence-corrected chi connectivity index (χ0v) is 33.4. The van der Waals surface area contributed by atoms with Crippen molar-refractivity contribution in [2.45, 2.75) is 77.5 Å². The monoisotopic (exact) mass is 795 g/mol. The maximum Gasteiger partial charge on any atom is 0.407 e. The molecule has 7 rings (SSSR count). The van der Waals surface area contributed by atoms with E-state index >= 15 is 0 Å². The maximum absolute atomic E-state index is 13.6. The van der Waals surface area contributed by atoms with E-state index in [0.29, 0.717) is 71.7 Å². The molecular formula is C41H49N9O8. The van der Waals surface area contributed by atoms with Gasteiger partial charge in [-0.1, -0.05) is 33.8 Å². The summed E-state index contributed by atoms with van der Waals surface area (Å²) < 4.78 is 15.9. The lowest BCUT2D eigenvalue weighted by molar-refractivity contribution is -0.136. The fraction of sp³-hybridized carbons (Fsp3) is 0.439. The van der Waals surface area contributed by atoms with Gasteiger partial charge in [-0.2, -0.15) is 0 Å². The van der Waals surface area contributed by atoms with Crippen LogP contribution in [0.5, 0.6) is 11.5 Å². The second kappa shape index (κ2) is 16.6. The number of anilines is 1. The summed E-state index contributed by atoms with van der Waals surface area (Å²) in [5, 5.41) is 8.32. The minimum Gasteiger partial charge on any atom is -0.454 e. The van der Waals surface area contributed by atoms with Crippen molar-refractivity contribution in [3.63, 3.8) is 0 Å². The zero-order chi connectivity index (χ0) is 41.2. The first-order valence-electron chi connectivity index (χ1n) is 19.5. The molecule has 2 fully saturated rings. The van der Waals surface area contributed by atoms with Gasteiger partial charge < -0.3 is 49.9 Å². The molecule has 2 aromatic heterocycles. The number of methoxy groups -OCH3 is 2. The Morgan fingerprint density at radius 1 is 0.741 bits per heavy atom. The highest BCUT2D eigenvalue weighted by Crippen LogP contribution is 2.41. The molecule has 4 atom stereocenters. The van der Waals surface area contributed by atoms with Gasteiger partial charge in [0.2, 0.25) is 11.8 Å². The predicted molar refractivity (Wildman–Crippen MR) is 212 cm³/mol. The van der Waals surface area contributed by atoms with Crippen LogP contribution in [-0.4, -0.2) is 99.0 Å². The highest BCUT2D eigenvalue weighted by molar-refractivity contribution is 6.08. The summed E-state index contributed by atoms with van der Waals surface area (Å²) in [7, 11) is 2.53. The van der Waals surface area contributed by atoms with Crippen molar-refractivity contribution in [3.05, 3.63) is 66.0 Å². The topological polar surface area (TPSA) is 213 Å². The molecule has 0 bridgehead atoms. The average molecular weight is 796 g/mol. The number of nitrogens with one attached hydrogen (secondary N) is 5. The largest absolute Gasteiger partial charge is 0.454 e. The Balaban J connectivity index is 1.07. The standard InChI is InChI=1S/C41H49N9O8/c1-21(2)33(47-40(54)56-5)38(52)49-15-7-9-29(49)35-42-19-27(44-35)23-12-14-31-26(17-23)46-37(51)25-13-11-24(18-32(25)58-31)28-20-43-36(45-28)30-10-8-16-50(30)39(53)34(22(3)4)48-41(55)57-6/h11-14,17-22,29-30,33-34H,7-10,15-16H2,1-6H3,(H,42,44)(H,43,45)(H,46,51)(H,47,54)(H,48,55). The molecule has 17 heteroatoms. The van der Waals surface area contributed by atoms with E-state index in [1.165, 1.54) is 14.2 Å². The van der Waals surface area contributed by atoms with Crippen molar-refractivity contribution in [3.8, 4) is 34.0 Å². The van der Waals surface area contributed by atoms with E-state index in [0.717, 1.165) is 24.0 Å². The minimum absolute atomic E-state index is 0.150. The van der Waals surface area contributed by atoms with E-state index < -0.39 is 24.3 Å². The third-order valence-electron chi connectivity index (χ3n) is 11.0. The summed E-state index contributed by atoms with van der Waals surface area (Å²) in [6.07, 6.45) is 5.08. The first-order valence-corrected chi connectivity index (χ1v) is 19.5. The van der Waals surface area contributed by atoms with Crippen LogP contribution in [0.2, 0.25) is 0 Å². The smallest absolute Gasteiger partial charge is 0.407 e. The number of ether oxygens (including phenoxy) is 3. The summed E-state index contributed by atoms with van der Waals surface area (Å²) >= 11 is 0. The Bertz CT molecular complexity index is 2210. The number of carbonyl (C=O) groups is 5. The van der Waals surface area contributed by atoms with E-state index in [1.54, 1.807) is 40.4 Å². The lowest BCUT2D eigenvalue weighted by Crippen LogP contribution is -2.51. The SMILES string of the molecule is COC(=O)NC(C(=O)N1CCCC1c1ncc(-c2ccc3c(c2)NC(=O)c2ccc(-c4cnc(C5CCCN5C(=O)C(NC(=O)OC)C(C)C)[nH]4)cc2O3)[nH]1)C(C)C. The molecule has 2 aromatic carbocycles. The molecule has 17 nitrogen and oxygen atoms in total. The second-order valence-corrected chi connectivity index (χ2v) is 15.4. The number of hydrogen-bond acceptors (Lipinski definition) is 10. The van der Waals surface area contributed by atoms with Crippen LogP contribution < -0.4 is 20.7 Å². The van der Waals surface area contributed by atoms with E-state index in [4.69, 9.17) is 14.2 Å². The molecule has 58 heavy (non-hydrogen) atoms. The molecule has 2 saturated heterocycles. The number of hydrogen-bond donors (Lipinski definition) is 5. The highest BCUT2D eigenvalue weighted by atomic mass is 16.5. The van der Waals surface area contributed by atoms with Crippen LogP contribution in [0.4, 0.5) is 15.3 Å². The molecule has 5 N–H and O–H groups in total. The first kappa shape index (κ1) is 39.8. The summed E-state index contributed by atoms with van der Waals surface area (Å²) in [4.78, 5) is 84.3. The molecular weight excluding hydrogens is 747 g/mol. The fourth-order valence-electron chi connectivity index (χ4n) is 7.85. The van der Waals surface area contributed by atoms with Crippen molar-refractivity contribution in [1.29, 1.82) is 0 Å². The number of likely N-dealkylation sites (tertiary alicyclic amines) is 2. The normalized spacial score (nSPS) is 18.4. The number of carbonyl (C=O) groups excluding carboxylic acids is 5. The Morgan fingerprint density at radius 3 is 1.74 bits per heavy atom. The quantitative estimate of drug-likeness (QED) is 0.128. The molecule has 306 valence electrons. The molecule has 0 aliphatic carbocycles. The Hall–Kier alpha value is -6.39. The molecule has 3 aliphatic rings. The van der Waals surface area contributed by atoms with Gasteiger partial charge in [0.25, 0.3) is 5.91 Å². The number of fused-ring (bicyclic) bond motifs is 2. The number of amides is 5. The molecule has 4 aromatic rings. The summed E-state index contributed by atoms with van der Waals surface area (Å²) in [6, 6.07) is 8.66. The van der Waals surface area contributed by atoms with Crippen LogP contribution in [0.15, 0.2) is 48.8 Å². The van der Waals surface area contributed by atoms with Gasteiger partial charge in [-0.05, 0) is 67.9 Å². The Labute approximate surface area is 335 Å². The number of aromatic nitrogens is 4. The predicted octanol–water partition coefficient (Wildman–Crippen LogP) is 5.91. The van der Waals surface area contributed by atoms with Crippen molar-refractivity contribution in [2.75, 3.05) is 32.6 Å². The molecule has 0 radical (unpaired) electrons. The van der Waals surface area contributed by atoms with Crippen LogP contribution in [0.1, 0.15) is 87.5 Å². The lowest BCUT2D eigenvalue weighted by Gasteiger charge is -2.30. The summed E-state index contributed by atoms with van der Waals surface area (Å²) in [5.41, 5.74) is 3.69. The molecule has 5 amide bonds. The van der Waals surface area contributed by atoms with Gasteiger partial charge in [0.05, 0.1) is 61.3 Å². The van der Waals surface area contributed by atoms with Gasteiger partial charge in [-0.25, -0.2) is 19.6 Å². The van der Waals surface area contributed by atoms with Crippen LogP contribution in [0.25, 0.3) is 22.5 Å². The lowest BCUT2D eigenvalue weighted by atomic mass is 10.0. The van der Waals surface area contributed by atoms with E-state index in [-0.39, 0.29) is 41.6 Å². The number of alkyl carbamates (subject to hydrolysis) is 2.